The Morgan fingerprint density at radius 3 is 2.75 bits per heavy atom. The van der Waals surface area contributed by atoms with E-state index in [4.69, 9.17) is 11.6 Å². The summed E-state index contributed by atoms with van der Waals surface area (Å²) in [7, 11) is 0. The lowest BCUT2D eigenvalue weighted by Crippen LogP contribution is -2.39. The number of fused-ring (bicyclic) bond motifs is 1. The molecule has 0 atom stereocenters. The van der Waals surface area contributed by atoms with Crippen LogP contribution in [0.5, 0.6) is 0 Å². The molecule has 0 radical (unpaired) electrons. The first-order valence-electron chi connectivity index (χ1n) is 9.65. The van der Waals surface area contributed by atoms with Gasteiger partial charge in [0.05, 0.1) is 12.2 Å². The Morgan fingerprint density at radius 1 is 1.29 bits per heavy atom. The van der Waals surface area contributed by atoms with Crippen molar-refractivity contribution in [3.8, 4) is 0 Å². The van der Waals surface area contributed by atoms with Crippen LogP contribution in [0.4, 0.5) is 4.39 Å². The van der Waals surface area contributed by atoms with E-state index >= 15 is 0 Å². The van der Waals surface area contributed by atoms with E-state index in [0.717, 1.165) is 48.3 Å². The summed E-state index contributed by atoms with van der Waals surface area (Å²) in [6, 6.07) is 4.50. The summed E-state index contributed by atoms with van der Waals surface area (Å²) in [4.78, 5) is 17.1. The van der Waals surface area contributed by atoms with Crippen LogP contribution < -0.4 is 0 Å². The minimum Gasteiger partial charge on any atom is -0.369 e. The molecule has 0 spiro atoms. The number of aromatic amines is 1. The van der Waals surface area contributed by atoms with Crippen molar-refractivity contribution < 1.29 is 9.18 Å². The molecule has 7 heteroatoms. The average Bonchev–Trinajstić information content (AvgIpc) is 3.12. The first-order valence-corrected chi connectivity index (χ1v) is 10.0. The van der Waals surface area contributed by atoms with Gasteiger partial charge in [0.25, 0.3) is 5.91 Å². The highest BCUT2D eigenvalue weighted by molar-refractivity contribution is 6.31. The number of benzene rings is 1. The molecule has 1 amide bonds. The first-order chi connectivity index (χ1) is 13.4. The van der Waals surface area contributed by atoms with Crippen molar-refractivity contribution in [1.82, 2.24) is 20.0 Å². The third-order valence-electron chi connectivity index (χ3n) is 5.86. The fourth-order valence-electron chi connectivity index (χ4n) is 4.19. The van der Waals surface area contributed by atoms with Crippen molar-refractivity contribution in [3.63, 3.8) is 0 Å². The van der Waals surface area contributed by atoms with Crippen LogP contribution in [0.1, 0.15) is 53.0 Å². The van der Waals surface area contributed by atoms with E-state index in [-0.39, 0.29) is 17.6 Å². The van der Waals surface area contributed by atoms with Gasteiger partial charge in [0.1, 0.15) is 5.82 Å². The van der Waals surface area contributed by atoms with Crippen LogP contribution >= 0.6 is 11.6 Å². The second-order valence-electron chi connectivity index (χ2n) is 7.67. The Labute approximate surface area is 169 Å². The van der Waals surface area contributed by atoms with Crippen molar-refractivity contribution in [3.05, 3.63) is 63.8 Å². The van der Waals surface area contributed by atoms with Gasteiger partial charge in [0.15, 0.2) is 5.69 Å². The summed E-state index contributed by atoms with van der Waals surface area (Å²) in [5.74, 6) is -0.126. The Balaban J connectivity index is 1.44. The summed E-state index contributed by atoms with van der Waals surface area (Å²) in [6.07, 6.45) is 2.32. The zero-order chi connectivity index (χ0) is 19.8. The number of H-pyrrole nitrogens is 1. The summed E-state index contributed by atoms with van der Waals surface area (Å²) in [5.41, 5.74) is 4.42. The monoisotopic (exact) mass is 402 g/mol. The van der Waals surface area contributed by atoms with Gasteiger partial charge in [-0.2, -0.15) is 5.10 Å². The van der Waals surface area contributed by atoms with E-state index in [9.17, 15) is 9.18 Å². The van der Waals surface area contributed by atoms with Gasteiger partial charge in [-0.3, -0.25) is 9.89 Å². The van der Waals surface area contributed by atoms with E-state index in [1.165, 1.54) is 12.1 Å². The molecule has 2 aromatic rings. The van der Waals surface area contributed by atoms with Crippen LogP contribution in [0.2, 0.25) is 5.02 Å². The molecular weight excluding hydrogens is 379 g/mol. The number of amides is 1. The number of hydrogen-bond donors (Lipinski definition) is 1. The predicted molar refractivity (Wildman–Crippen MR) is 107 cm³/mol. The maximum Gasteiger partial charge on any atom is 0.274 e. The molecule has 2 aliphatic heterocycles. The maximum absolute atomic E-state index is 13.6. The Morgan fingerprint density at radius 2 is 2.04 bits per heavy atom. The van der Waals surface area contributed by atoms with Crippen molar-refractivity contribution in [1.29, 1.82) is 0 Å². The molecule has 1 aromatic heterocycles. The Kier molecular flexibility index (Phi) is 5.15. The van der Waals surface area contributed by atoms with Crippen LogP contribution in [-0.2, 0) is 13.0 Å². The molecule has 148 valence electrons. The predicted octanol–water partition coefficient (Wildman–Crippen LogP) is 4.11. The number of aromatic nitrogens is 2. The fraction of sp³-hybridized carbons (Fsp3) is 0.429. The molecule has 0 saturated carbocycles. The van der Waals surface area contributed by atoms with Gasteiger partial charge in [0.2, 0.25) is 0 Å². The minimum atomic E-state index is -0.273. The third kappa shape index (κ3) is 3.53. The quantitative estimate of drug-likeness (QED) is 0.840. The van der Waals surface area contributed by atoms with Crippen LogP contribution in [0.15, 0.2) is 30.5 Å². The number of rotatable bonds is 3. The summed E-state index contributed by atoms with van der Waals surface area (Å²) < 4.78 is 13.6. The molecule has 4 rings (SSSR count). The summed E-state index contributed by atoms with van der Waals surface area (Å²) in [6.45, 7) is 8.79. The third-order valence-corrected chi connectivity index (χ3v) is 6.20. The number of piperidine rings is 1. The summed E-state index contributed by atoms with van der Waals surface area (Å²) >= 11 is 6.25. The molecule has 1 N–H and O–H groups in total. The minimum absolute atomic E-state index is 0.0231. The molecule has 0 aliphatic carbocycles. The number of halogens is 2. The zero-order valence-electron chi connectivity index (χ0n) is 16.0. The zero-order valence-corrected chi connectivity index (χ0v) is 16.7. The largest absolute Gasteiger partial charge is 0.369 e. The number of allylic oxidation sites excluding steroid dienone is 1. The normalized spacial score (nSPS) is 17.5. The number of nitrogens with zero attached hydrogens (tertiary/aromatic N) is 3. The van der Waals surface area contributed by atoms with E-state index < -0.39 is 0 Å². The van der Waals surface area contributed by atoms with Crippen LogP contribution in [0, 0.1) is 5.82 Å². The van der Waals surface area contributed by atoms with Gasteiger partial charge >= 0.3 is 0 Å². The molecular formula is C21H24ClFN4O. The number of carbonyl (C=O) groups excluding carboxylic acids is 1. The van der Waals surface area contributed by atoms with Gasteiger partial charge in [-0.25, -0.2) is 4.39 Å². The van der Waals surface area contributed by atoms with Gasteiger partial charge in [-0.15, -0.1) is 0 Å². The van der Waals surface area contributed by atoms with Crippen molar-refractivity contribution in [2.24, 2.45) is 0 Å². The molecule has 2 aliphatic rings. The van der Waals surface area contributed by atoms with Gasteiger partial charge in [-0.05, 0) is 55.9 Å². The number of hydrogen-bond acceptors (Lipinski definition) is 3. The van der Waals surface area contributed by atoms with Gasteiger partial charge < -0.3 is 9.80 Å². The summed E-state index contributed by atoms with van der Waals surface area (Å²) in [5, 5.41) is 7.96. The highest BCUT2D eigenvalue weighted by Crippen LogP contribution is 2.34. The highest BCUT2D eigenvalue weighted by Gasteiger charge is 2.31. The molecule has 0 unspecified atom stereocenters. The van der Waals surface area contributed by atoms with Crippen LogP contribution in [-0.4, -0.2) is 45.5 Å². The van der Waals surface area contributed by atoms with Gasteiger partial charge in [-0.1, -0.05) is 18.2 Å². The lowest BCUT2D eigenvalue weighted by atomic mass is 9.89. The maximum atomic E-state index is 13.6. The average molecular weight is 403 g/mol. The molecule has 1 aromatic carbocycles. The Bertz CT molecular complexity index is 917. The molecule has 0 bridgehead atoms. The molecule has 1 saturated heterocycles. The van der Waals surface area contributed by atoms with Crippen molar-refractivity contribution >= 4 is 17.5 Å². The second kappa shape index (κ2) is 7.59. The lowest BCUT2D eigenvalue weighted by molar-refractivity contribution is 0.0705. The standard InChI is InChI=1S/C21H24ClFN4O/c1-13(2)27-10-7-16-19(12-27)24-25-20(16)21(28)26-8-5-14(6-9-26)17-11-15(23)3-4-18(17)22/h3-4,11,14H,1,5-10,12H2,2H3,(H,24,25). The van der Waals surface area contributed by atoms with Crippen LogP contribution in [0.3, 0.4) is 0 Å². The highest BCUT2D eigenvalue weighted by atomic mass is 35.5. The second-order valence-corrected chi connectivity index (χ2v) is 8.08. The van der Waals surface area contributed by atoms with E-state index in [1.807, 2.05) is 11.8 Å². The van der Waals surface area contributed by atoms with Crippen molar-refractivity contribution in [2.75, 3.05) is 19.6 Å². The van der Waals surface area contributed by atoms with Gasteiger partial charge in [0, 0.05) is 35.9 Å². The van der Waals surface area contributed by atoms with E-state index in [1.54, 1.807) is 6.07 Å². The molecule has 28 heavy (non-hydrogen) atoms. The fourth-order valence-corrected chi connectivity index (χ4v) is 4.46. The number of likely N-dealkylation sites (tertiary alicyclic amines) is 1. The molecule has 5 nitrogen and oxygen atoms in total. The van der Waals surface area contributed by atoms with E-state index in [0.29, 0.717) is 30.4 Å². The van der Waals surface area contributed by atoms with E-state index in [2.05, 4.69) is 21.7 Å². The smallest absolute Gasteiger partial charge is 0.274 e. The molecule has 3 heterocycles. The SMILES string of the molecule is C=C(C)N1CCc2c(C(=O)N3CCC(c4cc(F)ccc4Cl)CC3)n[nH]c2C1. The molecule has 1 fully saturated rings. The number of nitrogens with one attached hydrogen (secondary N) is 1. The van der Waals surface area contributed by atoms with Crippen LogP contribution in [0.25, 0.3) is 0 Å². The number of carbonyl (C=O) groups is 1. The van der Waals surface area contributed by atoms with Crippen molar-refractivity contribution in [2.45, 2.75) is 38.6 Å². The lowest BCUT2D eigenvalue weighted by Gasteiger charge is -2.33. The Hall–Kier alpha value is -2.34. The first kappa shape index (κ1) is 19.0. The topological polar surface area (TPSA) is 52.2 Å².